The summed E-state index contributed by atoms with van der Waals surface area (Å²) in [5, 5.41) is 10.2. The number of benzene rings is 2. The molecule has 0 bridgehead atoms. The lowest BCUT2D eigenvalue weighted by molar-refractivity contribution is 0.612. The number of nitrogens with two attached hydrogens (primary N) is 1. The predicted octanol–water partition coefficient (Wildman–Crippen LogP) is 4.63. The second kappa shape index (κ2) is 7.06. The molecule has 0 unspecified atom stereocenters. The molecule has 0 amide bonds. The molecule has 2 aromatic carbocycles. The summed E-state index contributed by atoms with van der Waals surface area (Å²) >= 11 is 12.1. The molecule has 3 aromatic rings. The number of aromatic nitrogens is 2. The Morgan fingerprint density at radius 1 is 1.12 bits per heavy atom. The van der Waals surface area contributed by atoms with Crippen LogP contribution >= 0.6 is 23.2 Å². The van der Waals surface area contributed by atoms with E-state index in [-0.39, 0.29) is 23.6 Å². The summed E-state index contributed by atoms with van der Waals surface area (Å²) in [7, 11) is 0. The fourth-order valence-corrected chi connectivity index (χ4v) is 2.90. The van der Waals surface area contributed by atoms with Crippen LogP contribution in [0.5, 0.6) is 0 Å². The van der Waals surface area contributed by atoms with E-state index in [0.29, 0.717) is 32.7 Å². The van der Waals surface area contributed by atoms with Crippen LogP contribution in [-0.4, -0.2) is 9.97 Å². The topological polar surface area (TPSA) is 75.6 Å². The van der Waals surface area contributed by atoms with Gasteiger partial charge in [0.05, 0.1) is 10.7 Å². The van der Waals surface area contributed by atoms with Gasteiger partial charge in [0.25, 0.3) is 0 Å². The smallest absolute Gasteiger partial charge is 0.145 e. The van der Waals surface area contributed by atoms with Gasteiger partial charge in [-0.05, 0) is 29.8 Å². The highest BCUT2D eigenvalue weighted by Gasteiger charge is 2.17. The van der Waals surface area contributed by atoms with Gasteiger partial charge in [0.2, 0.25) is 0 Å². The van der Waals surface area contributed by atoms with Gasteiger partial charge in [0.1, 0.15) is 29.1 Å². The van der Waals surface area contributed by atoms with Crippen molar-refractivity contribution in [3.05, 3.63) is 75.3 Å². The van der Waals surface area contributed by atoms with Gasteiger partial charge in [0, 0.05) is 17.0 Å². The van der Waals surface area contributed by atoms with E-state index in [1.54, 1.807) is 36.4 Å². The average Bonchev–Trinajstić information content (AvgIpc) is 2.56. The van der Waals surface area contributed by atoms with Crippen molar-refractivity contribution in [3.63, 3.8) is 0 Å². The van der Waals surface area contributed by atoms with E-state index in [0.717, 1.165) is 0 Å². The number of anilines is 1. The van der Waals surface area contributed by atoms with E-state index in [2.05, 4.69) is 9.97 Å². The second-order valence-electron chi connectivity index (χ2n) is 5.25. The molecule has 0 fully saturated rings. The van der Waals surface area contributed by atoms with Crippen LogP contribution in [0.3, 0.4) is 0 Å². The lowest BCUT2D eigenvalue weighted by Crippen LogP contribution is -2.07. The molecule has 0 aliphatic carbocycles. The van der Waals surface area contributed by atoms with Crippen molar-refractivity contribution in [2.24, 2.45) is 0 Å². The van der Waals surface area contributed by atoms with Crippen LogP contribution in [0.25, 0.3) is 11.3 Å². The molecule has 0 spiro atoms. The Kier molecular flexibility index (Phi) is 4.84. The number of halogens is 3. The van der Waals surface area contributed by atoms with Crippen LogP contribution in [0.4, 0.5) is 10.2 Å². The molecular weight excluding hydrogens is 362 g/mol. The Morgan fingerprint density at radius 3 is 2.56 bits per heavy atom. The van der Waals surface area contributed by atoms with E-state index in [9.17, 15) is 9.65 Å². The van der Waals surface area contributed by atoms with Crippen LogP contribution in [-0.2, 0) is 6.42 Å². The number of nitrogens with zero attached hydrogens (tertiary/aromatic N) is 3. The van der Waals surface area contributed by atoms with Gasteiger partial charge in [-0.15, -0.1) is 0 Å². The van der Waals surface area contributed by atoms with E-state index < -0.39 is 0 Å². The minimum Gasteiger partial charge on any atom is -0.382 e. The Hall–Kier alpha value is -2.68. The molecule has 7 heteroatoms. The molecule has 0 aliphatic heterocycles. The zero-order valence-corrected chi connectivity index (χ0v) is 14.3. The molecule has 25 heavy (non-hydrogen) atoms. The minimum atomic E-state index is -0.361. The number of rotatable bonds is 3. The molecule has 4 nitrogen and oxygen atoms in total. The maximum Gasteiger partial charge on any atom is 0.145 e. The maximum absolute atomic E-state index is 13.9. The third kappa shape index (κ3) is 3.55. The summed E-state index contributed by atoms with van der Waals surface area (Å²) in [4.78, 5) is 8.52. The lowest BCUT2D eigenvalue weighted by atomic mass is 10.1. The third-order valence-corrected chi connectivity index (χ3v) is 4.14. The van der Waals surface area contributed by atoms with Crippen molar-refractivity contribution < 1.29 is 4.39 Å². The zero-order chi connectivity index (χ0) is 18.0. The monoisotopic (exact) mass is 372 g/mol. The third-order valence-electron chi connectivity index (χ3n) is 3.59. The molecule has 0 radical (unpaired) electrons. The molecule has 1 heterocycles. The van der Waals surface area contributed by atoms with Crippen LogP contribution in [0.15, 0.2) is 42.5 Å². The summed E-state index contributed by atoms with van der Waals surface area (Å²) in [6.45, 7) is 0. The van der Waals surface area contributed by atoms with Gasteiger partial charge in [-0.2, -0.15) is 5.26 Å². The fourth-order valence-electron chi connectivity index (χ4n) is 2.40. The molecule has 0 saturated carbocycles. The van der Waals surface area contributed by atoms with Crippen LogP contribution in [0.1, 0.15) is 17.0 Å². The quantitative estimate of drug-likeness (QED) is 0.726. The zero-order valence-electron chi connectivity index (χ0n) is 12.8. The van der Waals surface area contributed by atoms with Crippen molar-refractivity contribution in [1.29, 1.82) is 5.26 Å². The van der Waals surface area contributed by atoms with Crippen molar-refractivity contribution >= 4 is 29.0 Å². The van der Waals surface area contributed by atoms with E-state index in [1.807, 2.05) is 6.07 Å². The lowest BCUT2D eigenvalue weighted by Gasteiger charge is -2.11. The molecule has 3 rings (SSSR count). The first kappa shape index (κ1) is 17.2. The average molecular weight is 373 g/mol. The largest absolute Gasteiger partial charge is 0.382 e. The van der Waals surface area contributed by atoms with Gasteiger partial charge in [0.15, 0.2) is 0 Å². The van der Waals surface area contributed by atoms with Crippen molar-refractivity contribution in [2.45, 2.75) is 6.42 Å². The van der Waals surface area contributed by atoms with Crippen molar-refractivity contribution in [1.82, 2.24) is 9.97 Å². The molecule has 0 aliphatic rings. The van der Waals surface area contributed by atoms with Crippen LogP contribution < -0.4 is 5.73 Å². The Morgan fingerprint density at radius 2 is 1.88 bits per heavy atom. The highest BCUT2D eigenvalue weighted by molar-refractivity contribution is 6.36. The number of nitriles is 1. The van der Waals surface area contributed by atoms with Crippen LogP contribution in [0, 0.1) is 17.1 Å². The molecule has 0 atom stereocenters. The van der Waals surface area contributed by atoms with E-state index in [4.69, 9.17) is 28.9 Å². The first-order valence-electron chi connectivity index (χ1n) is 7.25. The summed E-state index contributed by atoms with van der Waals surface area (Å²) in [6.07, 6.45) is 0.140. The minimum absolute atomic E-state index is 0.0184. The van der Waals surface area contributed by atoms with Gasteiger partial charge < -0.3 is 5.73 Å². The molecule has 0 saturated heterocycles. The SMILES string of the molecule is N#Cc1c(N)nc(Cc2ccccc2F)nc1-c1ccc(Cl)cc1Cl. The summed E-state index contributed by atoms with van der Waals surface area (Å²) in [6, 6.07) is 13.2. The Bertz CT molecular complexity index is 999. The highest BCUT2D eigenvalue weighted by Crippen LogP contribution is 2.32. The first-order chi connectivity index (χ1) is 12.0. The Labute approximate surface area is 153 Å². The predicted molar refractivity (Wildman–Crippen MR) is 95.8 cm³/mol. The number of hydrogen-bond donors (Lipinski definition) is 1. The fraction of sp³-hybridized carbons (Fsp3) is 0.0556. The standard InChI is InChI=1S/C18H11Cl2FN4/c19-11-5-6-12(14(20)8-11)17-13(9-22)18(23)25-16(24-17)7-10-3-1-2-4-15(10)21/h1-6,8H,7H2,(H2,23,24,25). The summed E-state index contributed by atoms with van der Waals surface area (Å²) < 4.78 is 13.9. The second-order valence-corrected chi connectivity index (χ2v) is 6.10. The normalized spacial score (nSPS) is 10.5. The number of nitrogen functional groups attached to an aromatic ring is 1. The highest BCUT2D eigenvalue weighted by atomic mass is 35.5. The van der Waals surface area contributed by atoms with E-state index >= 15 is 0 Å². The van der Waals surface area contributed by atoms with Gasteiger partial charge in [-0.3, -0.25) is 0 Å². The summed E-state index contributed by atoms with van der Waals surface area (Å²) in [5.74, 6) is -0.0485. The molecular formula is C18H11Cl2FN4. The van der Waals surface area contributed by atoms with Gasteiger partial charge >= 0.3 is 0 Å². The molecule has 1 aromatic heterocycles. The van der Waals surface area contributed by atoms with Gasteiger partial charge in [-0.1, -0.05) is 41.4 Å². The van der Waals surface area contributed by atoms with Gasteiger partial charge in [-0.25, -0.2) is 14.4 Å². The van der Waals surface area contributed by atoms with Crippen LogP contribution in [0.2, 0.25) is 10.0 Å². The molecule has 2 N–H and O–H groups in total. The number of hydrogen-bond acceptors (Lipinski definition) is 4. The summed E-state index contributed by atoms with van der Waals surface area (Å²) in [5.41, 5.74) is 7.25. The molecule has 124 valence electrons. The van der Waals surface area contributed by atoms with Crippen molar-refractivity contribution in [2.75, 3.05) is 5.73 Å². The maximum atomic E-state index is 13.9. The Balaban J connectivity index is 2.13. The van der Waals surface area contributed by atoms with E-state index in [1.165, 1.54) is 6.07 Å². The first-order valence-corrected chi connectivity index (χ1v) is 8.00. The van der Waals surface area contributed by atoms with Crippen molar-refractivity contribution in [3.8, 4) is 17.3 Å².